The molecule has 0 radical (unpaired) electrons. The number of thioether (sulfide) groups is 1. The number of benzene rings is 2. The van der Waals surface area contributed by atoms with Gasteiger partial charge in [0.2, 0.25) is 5.91 Å². The molecule has 25 heavy (non-hydrogen) atoms. The molecule has 1 amide bonds. The first-order chi connectivity index (χ1) is 12.1. The minimum Gasteiger partial charge on any atom is -0.272 e. The molecule has 0 spiro atoms. The van der Waals surface area contributed by atoms with E-state index in [0.717, 1.165) is 27.1 Å². The van der Waals surface area contributed by atoms with Gasteiger partial charge in [-0.2, -0.15) is 5.10 Å². The summed E-state index contributed by atoms with van der Waals surface area (Å²) in [6, 6.07) is 17.1. The van der Waals surface area contributed by atoms with E-state index in [-0.39, 0.29) is 11.7 Å². The molecule has 0 atom stereocenters. The summed E-state index contributed by atoms with van der Waals surface area (Å²) in [6.45, 7) is 1.95. The zero-order valence-corrected chi connectivity index (χ0v) is 15.1. The number of carbonyl (C=O) groups is 1. The van der Waals surface area contributed by atoms with Crippen LogP contribution in [0.1, 0.15) is 11.3 Å². The van der Waals surface area contributed by atoms with Crippen molar-refractivity contribution >= 4 is 46.4 Å². The van der Waals surface area contributed by atoms with E-state index in [4.69, 9.17) is 11.6 Å². The van der Waals surface area contributed by atoms with E-state index in [1.54, 1.807) is 18.3 Å². The number of hydrazone groups is 1. The fraction of sp³-hybridized carbons (Fsp3) is 0.105. The van der Waals surface area contributed by atoms with Gasteiger partial charge >= 0.3 is 0 Å². The Bertz CT molecular complexity index is 926. The van der Waals surface area contributed by atoms with Crippen LogP contribution < -0.4 is 5.43 Å². The van der Waals surface area contributed by atoms with Crippen LogP contribution in [-0.4, -0.2) is 22.9 Å². The second-order valence-electron chi connectivity index (χ2n) is 5.41. The number of para-hydroxylation sites is 1. The summed E-state index contributed by atoms with van der Waals surface area (Å²) in [5.41, 5.74) is 5.28. The maximum atomic E-state index is 12.0. The Kier molecular flexibility index (Phi) is 5.68. The molecule has 3 aromatic rings. The Morgan fingerprint density at radius 2 is 2.00 bits per heavy atom. The number of fused-ring (bicyclic) bond motifs is 1. The molecule has 0 aliphatic heterocycles. The molecule has 0 aliphatic rings. The third kappa shape index (κ3) is 4.81. The van der Waals surface area contributed by atoms with Crippen LogP contribution in [0.4, 0.5) is 0 Å². The van der Waals surface area contributed by atoms with E-state index in [1.165, 1.54) is 11.8 Å². The van der Waals surface area contributed by atoms with Gasteiger partial charge in [-0.05, 0) is 36.8 Å². The zero-order chi connectivity index (χ0) is 17.6. The van der Waals surface area contributed by atoms with Gasteiger partial charge in [0.05, 0.1) is 17.5 Å². The zero-order valence-electron chi connectivity index (χ0n) is 13.6. The van der Waals surface area contributed by atoms with Crippen molar-refractivity contribution in [1.82, 2.24) is 10.4 Å². The maximum Gasteiger partial charge on any atom is 0.250 e. The van der Waals surface area contributed by atoms with Crippen molar-refractivity contribution in [1.29, 1.82) is 0 Å². The molecule has 2 aromatic carbocycles. The van der Waals surface area contributed by atoms with Crippen molar-refractivity contribution < 1.29 is 4.79 Å². The molecule has 4 nitrogen and oxygen atoms in total. The van der Waals surface area contributed by atoms with Crippen LogP contribution in [0, 0.1) is 6.92 Å². The predicted octanol–water partition coefficient (Wildman–Crippen LogP) is 4.44. The fourth-order valence-corrected chi connectivity index (χ4v) is 3.35. The predicted molar refractivity (Wildman–Crippen MR) is 104 cm³/mol. The van der Waals surface area contributed by atoms with E-state index in [1.807, 2.05) is 49.4 Å². The van der Waals surface area contributed by atoms with E-state index in [2.05, 4.69) is 15.5 Å². The summed E-state index contributed by atoms with van der Waals surface area (Å²) in [4.78, 5) is 17.5. The van der Waals surface area contributed by atoms with E-state index < -0.39 is 0 Å². The van der Waals surface area contributed by atoms with Crippen LogP contribution in [0.3, 0.4) is 0 Å². The number of hydrogen-bond acceptors (Lipinski definition) is 4. The fourth-order valence-electron chi connectivity index (χ4n) is 2.29. The smallest absolute Gasteiger partial charge is 0.250 e. The molecule has 1 N–H and O–H groups in total. The van der Waals surface area contributed by atoms with Crippen LogP contribution in [0.15, 0.2) is 64.6 Å². The number of amides is 1. The minimum absolute atomic E-state index is 0.159. The molecule has 3 rings (SSSR count). The first-order valence-corrected chi connectivity index (χ1v) is 9.05. The van der Waals surface area contributed by atoms with Crippen LogP contribution in [-0.2, 0) is 4.79 Å². The van der Waals surface area contributed by atoms with Gasteiger partial charge in [-0.3, -0.25) is 9.78 Å². The number of halogens is 1. The lowest BCUT2D eigenvalue weighted by Crippen LogP contribution is -2.19. The molecule has 1 aromatic heterocycles. The summed E-state index contributed by atoms with van der Waals surface area (Å²) in [7, 11) is 0. The van der Waals surface area contributed by atoms with E-state index >= 15 is 0 Å². The van der Waals surface area contributed by atoms with Gasteiger partial charge in [-0.1, -0.05) is 41.9 Å². The third-order valence-corrected chi connectivity index (χ3v) is 4.75. The first kappa shape index (κ1) is 17.5. The second-order valence-corrected chi connectivity index (χ2v) is 6.87. The Hall–Kier alpha value is -2.37. The van der Waals surface area contributed by atoms with Crippen molar-refractivity contribution in [2.45, 2.75) is 11.8 Å². The highest BCUT2D eigenvalue weighted by Crippen LogP contribution is 2.27. The average molecular weight is 370 g/mol. The van der Waals surface area contributed by atoms with Crippen molar-refractivity contribution in [3.05, 3.63) is 70.9 Å². The Morgan fingerprint density at radius 1 is 1.24 bits per heavy atom. The molecule has 0 bridgehead atoms. The quantitative estimate of drug-likeness (QED) is 0.411. The summed E-state index contributed by atoms with van der Waals surface area (Å²) in [6.07, 6.45) is 1.59. The van der Waals surface area contributed by atoms with Crippen LogP contribution in [0.25, 0.3) is 10.9 Å². The van der Waals surface area contributed by atoms with Gasteiger partial charge in [-0.15, -0.1) is 11.8 Å². The number of carbonyl (C=O) groups excluding carboxylic acids is 1. The normalized spacial score (nSPS) is 11.1. The van der Waals surface area contributed by atoms with Crippen molar-refractivity contribution in [2.24, 2.45) is 5.10 Å². The molecule has 0 aliphatic carbocycles. The van der Waals surface area contributed by atoms with Gasteiger partial charge in [0.25, 0.3) is 0 Å². The van der Waals surface area contributed by atoms with Crippen LogP contribution in [0.5, 0.6) is 0 Å². The lowest BCUT2D eigenvalue weighted by molar-refractivity contribution is -0.118. The molecular formula is C19H16ClN3OS. The Balaban J connectivity index is 1.60. The average Bonchev–Trinajstić information content (AvgIpc) is 2.61. The first-order valence-electron chi connectivity index (χ1n) is 7.68. The highest BCUT2D eigenvalue weighted by Gasteiger charge is 2.07. The SMILES string of the molecule is Cc1cc(SCC(=O)NN=Cc2ccc(Cl)cc2)c2ccccc2n1. The molecule has 6 heteroatoms. The highest BCUT2D eigenvalue weighted by atomic mass is 35.5. The summed E-state index contributed by atoms with van der Waals surface area (Å²) >= 11 is 7.30. The molecule has 126 valence electrons. The summed E-state index contributed by atoms with van der Waals surface area (Å²) in [5.74, 6) is 0.125. The van der Waals surface area contributed by atoms with Gasteiger partial charge in [0.1, 0.15) is 0 Å². The van der Waals surface area contributed by atoms with Crippen LogP contribution >= 0.6 is 23.4 Å². The monoisotopic (exact) mass is 369 g/mol. The molecule has 1 heterocycles. The third-order valence-electron chi connectivity index (χ3n) is 3.44. The Morgan fingerprint density at radius 3 is 2.80 bits per heavy atom. The number of nitrogens with one attached hydrogen (secondary N) is 1. The number of aryl methyl sites for hydroxylation is 1. The number of hydrogen-bond donors (Lipinski definition) is 1. The van der Waals surface area contributed by atoms with Gasteiger partial charge < -0.3 is 0 Å². The van der Waals surface area contributed by atoms with Gasteiger partial charge in [-0.25, -0.2) is 5.43 Å². The largest absolute Gasteiger partial charge is 0.272 e. The minimum atomic E-state index is -0.159. The Labute approximate surface area is 155 Å². The van der Waals surface area contributed by atoms with Crippen molar-refractivity contribution in [3.63, 3.8) is 0 Å². The van der Waals surface area contributed by atoms with Crippen molar-refractivity contribution in [3.8, 4) is 0 Å². The second kappa shape index (κ2) is 8.14. The number of rotatable bonds is 5. The van der Waals surface area contributed by atoms with Gasteiger partial charge in [0, 0.05) is 21.0 Å². The number of pyridine rings is 1. The lowest BCUT2D eigenvalue weighted by atomic mass is 10.2. The molecule has 0 saturated heterocycles. The number of nitrogens with zero attached hydrogens (tertiary/aromatic N) is 2. The molecule has 0 unspecified atom stereocenters. The number of aromatic nitrogens is 1. The standard InChI is InChI=1S/C19H16ClN3OS/c1-13-10-18(16-4-2-3-5-17(16)22-13)25-12-19(24)23-21-11-14-6-8-15(20)9-7-14/h2-11H,12H2,1H3,(H,23,24). The van der Waals surface area contributed by atoms with Crippen molar-refractivity contribution in [2.75, 3.05) is 5.75 Å². The van der Waals surface area contributed by atoms with E-state index in [0.29, 0.717) is 5.02 Å². The van der Waals surface area contributed by atoms with E-state index in [9.17, 15) is 4.79 Å². The van der Waals surface area contributed by atoms with Gasteiger partial charge in [0.15, 0.2) is 0 Å². The molecule has 0 fully saturated rings. The molecule has 0 saturated carbocycles. The summed E-state index contributed by atoms with van der Waals surface area (Å²) in [5, 5.41) is 5.69. The summed E-state index contributed by atoms with van der Waals surface area (Å²) < 4.78 is 0. The topological polar surface area (TPSA) is 54.4 Å². The maximum absolute atomic E-state index is 12.0. The lowest BCUT2D eigenvalue weighted by Gasteiger charge is -2.07. The molecular weight excluding hydrogens is 354 g/mol. The highest BCUT2D eigenvalue weighted by molar-refractivity contribution is 8.00. The van der Waals surface area contributed by atoms with Crippen LogP contribution in [0.2, 0.25) is 5.02 Å².